The predicted octanol–water partition coefficient (Wildman–Crippen LogP) is 4.89. The van der Waals surface area contributed by atoms with E-state index in [1.54, 1.807) is 36.4 Å². The number of carbonyl (C=O) groups is 1. The van der Waals surface area contributed by atoms with E-state index in [2.05, 4.69) is 10.0 Å². The zero-order chi connectivity index (χ0) is 23.3. The van der Waals surface area contributed by atoms with Crippen molar-refractivity contribution in [2.24, 2.45) is 0 Å². The molecule has 1 atom stereocenters. The minimum Gasteiger partial charge on any atom is -0.588 e. The Kier molecular flexibility index (Phi) is 7.68. The maximum Gasteiger partial charge on any atom is 0.263 e. The maximum atomic E-state index is 14.3. The number of hydrogen-bond acceptors (Lipinski definition) is 6. The van der Waals surface area contributed by atoms with Gasteiger partial charge < -0.3 is 24.1 Å². The van der Waals surface area contributed by atoms with Crippen LogP contribution in [-0.2, 0) is 11.4 Å². The van der Waals surface area contributed by atoms with Gasteiger partial charge in [-0.05, 0) is 36.4 Å². The first-order valence-corrected chi connectivity index (χ1v) is 10.7. The van der Waals surface area contributed by atoms with Crippen molar-refractivity contribution in [3.8, 4) is 17.2 Å². The van der Waals surface area contributed by atoms with Gasteiger partial charge in [-0.1, -0.05) is 11.6 Å². The normalized spacial score (nSPS) is 11.4. The lowest BCUT2D eigenvalue weighted by Crippen LogP contribution is -2.17. The van der Waals surface area contributed by atoms with Gasteiger partial charge in [0.25, 0.3) is 5.91 Å². The summed E-state index contributed by atoms with van der Waals surface area (Å²) in [6.07, 6.45) is 0. The van der Waals surface area contributed by atoms with Crippen LogP contribution in [0.3, 0.4) is 0 Å². The van der Waals surface area contributed by atoms with Crippen molar-refractivity contribution in [2.45, 2.75) is 4.90 Å². The molecular formula is C22H20ClFN2O5S. The summed E-state index contributed by atoms with van der Waals surface area (Å²) in [5, 5.41) is 3.17. The lowest BCUT2D eigenvalue weighted by atomic mass is 10.1. The topological polar surface area (TPSA) is 91.9 Å². The molecular weight excluding hydrogens is 459 g/mol. The minimum absolute atomic E-state index is 0.127. The van der Waals surface area contributed by atoms with Gasteiger partial charge in [0.2, 0.25) is 4.90 Å². The van der Waals surface area contributed by atoms with Crippen LogP contribution in [-0.4, -0.2) is 31.8 Å². The SMILES string of the molecule is COc1cc(OC)c(C(=O)Nc2ccc(F)c([S+]([O-])Nc3ccc(Cl)cc3)c2)c(OC)c1. The average molecular weight is 479 g/mol. The molecule has 0 aliphatic rings. The molecule has 0 aliphatic heterocycles. The molecule has 7 nitrogen and oxygen atoms in total. The van der Waals surface area contributed by atoms with Crippen LogP contribution in [0.4, 0.5) is 15.8 Å². The standard InChI is InChI=1S/C22H20ClFN2O5S/c1-29-16-11-18(30-2)21(19(12-16)31-3)22(27)25-15-8-9-17(24)20(10-15)32(28)26-14-6-4-13(23)5-7-14/h4-12,26H,1-3H3,(H,25,27). The van der Waals surface area contributed by atoms with Crippen molar-refractivity contribution in [1.82, 2.24) is 0 Å². The number of rotatable bonds is 8. The van der Waals surface area contributed by atoms with E-state index in [4.69, 9.17) is 25.8 Å². The Bertz CT molecular complexity index is 1090. The van der Waals surface area contributed by atoms with Gasteiger partial charge in [0.1, 0.15) is 34.2 Å². The second-order valence-corrected chi connectivity index (χ2v) is 8.00. The lowest BCUT2D eigenvalue weighted by Gasteiger charge is -2.16. The van der Waals surface area contributed by atoms with Gasteiger partial charge in [0.15, 0.2) is 5.82 Å². The molecule has 0 aromatic heterocycles. The Balaban J connectivity index is 1.86. The molecule has 0 saturated carbocycles. The highest BCUT2D eigenvalue weighted by Gasteiger charge is 2.23. The largest absolute Gasteiger partial charge is 0.588 e. The summed E-state index contributed by atoms with van der Waals surface area (Å²) in [5.41, 5.74) is 0.856. The molecule has 0 aliphatic carbocycles. The van der Waals surface area contributed by atoms with Gasteiger partial charge in [0.05, 0.1) is 27.0 Å². The molecule has 0 saturated heterocycles. The van der Waals surface area contributed by atoms with Crippen LogP contribution >= 0.6 is 11.6 Å². The second-order valence-electron chi connectivity index (χ2n) is 6.38. The number of hydrogen-bond donors (Lipinski definition) is 2. The van der Waals surface area contributed by atoms with E-state index in [1.165, 1.54) is 33.5 Å². The fourth-order valence-electron chi connectivity index (χ4n) is 2.83. The van der Waals surface area contributed by atoms with E-state index in [0.29, 0.717) is 16.5 Å². The van der Waals surface area contributed by atoms with Gasteiger partial charge in [-0.15, -0.1) is 0 Å². The van der Waals surface area contributed by atoms with E-state index in [1.807, 2.05) is 0 Å². The molecule has 3 aromatic carbocycles. The van der Waals surface area contributed by atoms with Gasteiger partial charge >= 0.3 is 0 Å². The minimum atomic E-state index is -1.92. The van der Waals surface area contributed by atoms with Crippen molar-refractivity contribution >= 4 is 40.2 Å². The summed E-state index contributed by atoms with van der Waals surface area (Å²) in [5.74, 6) is -0.344. The smallest absolute Gasteiger partial charge is 0.263 e. The Labute approximate surface area is 192 Å². The van der Waals surface area contributed by atoms with E-state index in [0.717, 1.165) is 6.07 Å². The zero-order valence-corrected chi connectivity index (χ0v) is 19.0. The summed E-state index contributed by atoms with van der Waals surface area (Å²) in [6.45, 7) is 0. The summed E-state index contributed by atoms with van der Waals surface area (Å²) in [7, 11) is 4.30. The van der Waals surface area contributed by atoms with Crippen LogP contribution in [0.15, 0.2) is 59.5 Å². The number of methoxy groups -OCH3 is 3. The molecule has 0 spiro atoms. The highest BCUT2D eigenvalue weighted by molar-refractivity contribution is 7.92. The number of carbonyl (C=O) groups excluding carboxylic acids is 1. The second kappa shape index (κ2) is 10.4. The molecule has 168 valence electrons. The summed E-state index contributed by atoms with van der Waals surface area (Å²) in [4.78, 5) is 12.8. The maximum absolute atomic E-state index is 14.3. The van der Waals surface area contributed by atoms with Crippen molar-refractivity contribution in [1.29, 1.82) is 0 Å². The van der Waals surface area contributed by atoms with Crippen molar-refractivity contribution < 1.29 is 27.9 Å². The summed E-state index contributed by atoms with van der Waals surface area (Å²) >= 11 is 3.92. The molecule has 0 bridgehead atoms. The van der Waals surface area contributed by atoms with Crippen LogP contribution in [0.2, 0.25) is 5.02 Å². The number of ether oxygens (including phenoxy) is 3. The molecule has 0 heterocycles. The third-order valence-electron chi connectivity index (χ3n) is 4.39. The Hall–Kier alpha value is -3.14. The quantitative estimate of drug-likeness (QED) is 0.448. The van der Waals surface area contributed by atoms with Crippen molar-refractivity contribution in [3.63, 3.8) is 0 Å². The first-order valence-electron chi connectivity index (χ1n) is 9.21. The highest BCUT2D eigenvalue weighted by Crippen LogP contribution is 2.35. The zero-order valence-electron chi connectivity index (χ0n) is 17.4. The van der Waals surface area contributed by atoms with E-state index < -0.39 is 23.1 Å². The molecule has 1 unspecified atom stereocenters. The first kappa shape index (κ1) is 23.5. The molecule has 10 heteroatoms. The van der Waals surface area contributed by atoms with E-state index in [-0.39, 0.29) is 27.6 Å². The highest BCUT2D eigenvalue weighted by atomic mass is 35.5. The van der Waals surface area contributed by atoms with Crippen LogP contribution in [0.1, 0.15) is 10.4 Å². The number of anilines is 2. The Morgan fingerprint density at radius 2 is 1.53 bits per heavy atom. The average Bonchev–Trinajstić information content (AvgIpc) is 2.80. The molecule has 0 radical (unpaired) electrons. The first-order chi connectivity index (χ1) is 15.4. The fourth-order valence-corrected chi connectivity index (χ4v) is 3.89. The molecule has 1 amide bonds. The molecule has 0 fully saturated rings. The predicted molar refractivity (Wildman–Crippen MR) is 122 cm³/mol. The van der Waals surface area contributed by atoms with Crippen LogP contribution in [0.25, 0.3) is 0 Å². The number of halogens is 2. The Morgan fingerprint density at radius 3 is 2.09 bits per heavy atom. The van der Waals surface area contributed by atoms with Crippen molar-refractivity contribution in [2.75, 3.05) is 31.4 Å². The molecule has 3 aromatic rings. The molecule has 3 rings (SSSR count). The van der Waals surface area contributed by atoms with Crippen LogP contribution in [0.5, 0.6) is 17.2 Å². The summed E-state index contributed by atoms with van der Waals surface area (Å²) < 4.78 is 45.5. The Morgan fingerprint density at radius 1 is 0.938 bits per heavy atom. The molecule has 2 N–H and O–H groups in total. The van der Waals surface area contributed by atoms with Gasteiger partial charge in [-0.25, -0.2) is 9.11 Å². The molecule has 32 heavy (non-hydrogen) atoms. The number of amides is 1. The number of nitrogens with one attached hydrogen (secondary N) is 2. The summed E-state index contributed by atoms with van der Waals surface area (Å²) in [6, 6.07) is 13.3. The van der Waals surface area contributed by atoms with E-state index >= 15 is 0 Å². The van der Waals surface area contributed by atoms with Gasteiger partial charge in [-0.2, -0.15) is 0 Å². The fraction of sp³-hybridized carbons (Fsp3) is 0.136. The van der Waals surface area contributed by atoms with Gasteiger partial charge in [0, 0.05) is 28.9 Å². The van der Waals surface area contributed by atoms with Crippen LogP contribution in [0, 0.1) is 5.82 Å². The third-order valence-corrected chi connectivity index (χ3v) is 5.77. The van der Waals surface area contributed by atoms with Crippen LogP contribution < -0.4 is 24.2 Å². The lowest BCUT2D eigenvalue weighted by molar-refractivity contribution is 0.102. The monoisotopic (exact) mass is 478 g/mol. The third kappa shape index (κ3) is 5.37. The van der Waals surface area contributed by atoms with Crippen molar-refractivity contribution in [3.05, 3.63) is 71.0 Å². The van der Waals surface area contributed by atoms with Gasteiger partial charge in [-0.3, -0.25) is 4.79 Å². The number of benzene rings is 3. The van der Waals surface area contributed by atoms with E-state index in [9.17, 15) is 13.7 Å².